The van der Waals surface area contributed by atoms with Crippen molar-refractivity contribution in [3.05, 3.63) is 42.1 Å². The topological polar surface area (TPSA) is 138 Å². The molecule has 47 heavy (non-hydrogen) atoms. The molecule has 0 bridgehead atoms. The van der Waals surface area contributed by atoms with Crippen molar-refractivity contribution in [1.29, 1.82) is 0 Å². The Morgan fingerprint density at radius 3 is 2.32 bits per heavy atom. The molecule has 254 valence electrons. The van der Waals surface area contributed by atoms with Crippen LogP contribution in [0.25, 0.3) is 10.9 Å². The van der Waals surface area contributed by atoms with Crippen LogP contribution in [0.3, 0.4) is 0 Å². The van der Waals surface area contributed by atoms with Gasteiger partial charge in [0.25, 0.3) is 0 Å². The number of morpholine rings is 1. The Hall–Kier alpha value is -3.72. The molecule has 4 aromatic rings. The highest BCUT2D eigenvalue weighted by Gasteiger charge is 2.21. The van der Waals surface area contributed by atoms with Gasteiger partial charge in [0.05, 0.1) is 49.7 Å². The zero-order valence-electron chi connectivity index (χ0n) is 28.4. The molecule has 0 atom stereocenters. The third kappa shape index (κ3) is 9.89. The quantitative estimate of drug-likeness (QED) is 0.161. The maximum Gasteiger partial charge on any atom is 0.225 e. The van der Waals surface area contributed by atoms with Gasteiger partial charge in [-0.2, -0.15) is 5.10 Å². The van der Waals surface area contributed by atoms with Gasteiger partial charge in [-0.3, -0.25) is 10.00 Å². The Balaban J connectivity index is 0.000000650. The molecule has 13 nitrogen and oxygen atoms in total. The van der Waals surface area contributed by atoms with Gasteiger partial charge in [-0.1, -0.05) is 20.8 Å². The van der Waals surface area contributed by atoms with Crippen molar-refractivity contribution in [1.82, 2.24) is 40.3 Å². The number of fused-ring (bicyclic) bond motifs is 1. The van der Waals surface area contributed by atoms with Crippen LogP contribution in [0.1, 0.15) is 38.4 Å². The molecule has 2 aliphatic rings. The van der Waals surface area contributed by atoms with Crippen molar-refractivity contribution in [3.8, 4) is 11.5 Å². The van der Waals surface area contributed by atoms with E-state index in [1.807, 2.05) is 19.9 Å². The lowest BCUT2D eigenvalue weighted by Crippen LogP contribution is -2.47. The summed E-state index contributed by atoms with van der Waals surface area (Å²) in [6, 6.07) is 4.17. The molecule has 1 aromatic carbocycles. The number of hydrogen-bond donors (Lipinski definition) is 3. The van der Waals surface area contributed by atoms with Gasteiger partial charge < -0.3 is 29.7 Å². The van der Waals surface area contributed by atoms with E-state index in [4.69, 9.17) is 14.2 Å². The number of rotatable bonds is 10. The molecular formula is C33H48N10O3S. The standard InChI is InChI=1S/C29H39N9O2S.C4H9NO/c1-19-20(2)35-36-26(19)34-27-22-14-25(41-29(3,4)5)24(15-23(22)32-18-33-27)40-13-7-8-37-9-11-38(12-10-37)28-30-16-21(39-6)17-31-28;1-3-6-4-2-5-1/h14-18H,7-13H2,1-6H3,(H2,32,33,34,35,36);5H,1-4H2. The molecule has 3 N–H and O–H groups in total. The highest BCUT2D eigenvalue weighted by molar-refractivity contribution is 8.00. The molecule has 6 rings (SSSR count). The molecule has 0 radical (unpaired) electrons. The van der Waals surface area contributed by atoms with Gasteiger partial charge in [0.2, 0.25) is 5.95 Å². The number of H-pyrrole nitrogens is 1. The van der Waals surface area contributed by atoms with Crippen molar-refractivity contribution in [3.63, 3.8) is 0 Å². The van der Waals surface area contributed by atoms with Crippen LogP contribution in [0.2, 0.25) is 0 Å². The van der Waals surface area contributed by atoms with Gasteiger partial charge in [-0.25, -0.2) is 19.9 Å². The first kappa shape index (κ1) is 34.6. The zero-order chi connectivity index (χ0) is 33.2. The SMILES string of the molecule is C1COCCN1.COc1cnc(N2CCN(CCCOc3cc4ncnc(Nc5n[nH]c(C)c5C)c4cc3SC(C)(C)C)CC2)nc1. The maximum absolute atomic E-state index is 6.39. The monoisotopic (exact) mass is 664 g/mol. The number of thioether (sulfide) groups is 1. The minimum Gasteiger partial charge on any atom is -0.494 e. The van der Waals surface area contributed by atoms with Gasteiger partial charge >= 0.3 is 0 Å². The maximum atomic E-state index is 6.39. The van der Waals surface area contributed by atoms with Gasteiger partial charge in [-0.15, -0.1) is 11.8 Å². The van der Waals surface area contributed by atoms with Crippen molar-refractivity contribution < 1.29 is 14.2 Å². The summed E-state index contributed by atoms with van der Waals surface area (Å²) in [5.41, 5.74) is 2.92. The summed E-state index contributed by atoms with van der Waals surface area (Å²) in [4.78, 5) is 23.7. The van der Waals surface area contributed by atoms with E-state index in [0.717, 1.165) is 116 Å². The first-order chi connectivity index (χ1) is 22.7. The second-order valence-electron chi connectivity index (χ2n) is 12.5. The van der Waals surface area contributed by atoms with E-state index in [-0.39, 0.29) is 4.75 Å². The van der Waals surface area contributed by atoms with Gasteiger partial charge in [0, 0.05) is 73.3 Å². The molecule has 5 heterocycles. The molecule has 2 saturated heterocycles. The van der Waals surface area contributed by atoms with Crippen molar-refractivity contribution >= 4 is 40.2 Å². The number of aromatic nitrogens is 6. The number of methoxy groups -OCH3 is 1. The predicted octanol–water partition coefficient (Wildman–Crippen LogP) is 4.60. The van der Waals surface area contributed by atoms with Crippen LogP contribution >= 0.6 is 11.8 Å². The summed E-state index contributed by atoms with van der Waals surface area (Å²) in [5, 5.41) is 14.9. The molecule has 14 heteroatoms. The van der Waals surface area contributed by atoms with Crippen molar-refractivity contribution in [2.24, 2.45) is 0 Å². The van der Waals surface area contributed by atoms with Crippen molar-refractivity contribution in [2.45, 2.75) is 50.7 Å². The predicted molar refractivity (Wildman–Crippen MR) is 188 cm³/mol. The van der Waals surface area contributed by atoms with E-state index >= 15 is 0 Å². The molecule has 0 saturated carbocycles. The largest absolute Gasteiger partial charge is 0.494 e. The summed E-state index contributed by atoms with van der Waals surface area (Å²) < 4.78 is 16.6. The summed E-state index contributed by atoms with van der Waals surface area (Å²) in [7, 11) is 1.62. The Morgan fingerprint density at radius 2 is 1.72 bits per heavy atom. The van der Waals surface area contributed by atoms with Crippen LogP contribution in [0.5, 0.6) is 11.5 Å². The number of nitrogens with one attached hydrogen (secondary N) is 3. The highest BCUT2D eigenvalue weighted by atomic mass is 32.2. The molecule has 0 aliphatic carbocycles. The fourth-order valence-corrected chi connectivity index (χ4v) is 6.20. The lowest BCUT2D eigenvalue weighted by atomic mass is 10.2. The number of aromatic amines is 1. The Morgan fingerprint density at radius 1 is 0.979 bits per heavy atom. The number of aryl methyl sites for hydroxylation is 1. The fourth-order valence-electron chi connectivity index (χ4n) is 5.14. The highest BCUT2D eigenvalue weighted by Crippen LogP contribution is 2.41. The van der Waals surface area contributed by atoms with E-state index in [1.165, 1.54) is 0 Å². The van der Waals surface area contributed by atoms with Gasteiger partial charge in [-0.05, 0) is 26.3 Å². The molecule has 2 fully saturated rings. The average molecular weight is 665 g/mol. The third-order valence-corrected chi connectivity index (χ3v) is 8.99. The summed E-state index contributed by atoms with van der Waals surface area (Å²) in [5.74, 6) is 3.78. The number of anilines is 3. The molecule has 0 unspecified atom stereocenters. The fraction of sp³-hybridized carbons (Fsp3) is 0.545. The van der Waals surface area contributed by atoms with E-state index in [1.54, 1.807) is 37.6 Å². The van der Waals surface area contributed by atoms with Crippen LogP contribution in [0.4, 0.5) is 17.6 Å². The molecule has 2 aliphatic heterocycles. The minimum atomic E-state index is 0.0121. The average Bonchev–Trinajstić information content (AvgIpc) is 3.40. The first-order valence-electron chi connectivity index (χ1n) is 16.2. The summed E-state index contributed by atoms with van der Waals surface area (Å²) in [6.07, 6.45) is 5.95. The molecule has 3 aromatic heterocycles. The second-order valence-corrected chi connectivity index (χ2v) is 14.4. The number of nitrogens with zero attached hydrogens (tertiary/aromatic N) is 7. The Kier molecular flexibility index (Phi) is 12.1. The smallest absolute Gasteiger partial charge is 0.225 e. The third-order valence-electron chi connectivity index (χ3n) is 7.83. The van der Waals surface area contributed by atoms with Crippen LogP contribution in [0, 0.1) is 13.8 Å². The molecular weight excluding hydrogens is 616 g/mol. The van der Waals surface area contributed by atoms with E-state index in [2.05, 4.69) is 77.4 Å². The van der Waals surface area contributed by atoms with Crippen LogP contribution < -0.4 is 25.0 Å². The lowest BCUT2D eigenvalue weighted by molar-refractivity contribution is 0.109. The van der Waals surface area contributed by atoms with E-state index in [0.29, 0.717) is 12.4 Å². The van der Waals surface area contributed by atoms with E-state index < -0.39 is 0 Å². The number of piperazine rings is 1. The summed E-state index contributed by atoms with van der Waals surface area (Å²) in [6.45, 7) is 19.8. The van der Waals surface area contributed by atoms with E-state index in [9.17, 15) is 0 Å². The first-order valence-corrected chi connectivity index (χ1v) is 17.0. The second kappa shape index (κ2) is 16.4. The number of hydrogen-bond acceptors (Lipinski definition) is 13. The zero-order valence-corrected chi connectivity index (χ0v) is 29.2. The Bertz CT molecular complexity index is 1550. The molecule has 0 amide bonds. The van der Waals surface area contributed by atoms with Crippen LogP contribution in [-0.4, -0.2) is 113 Å². The molecule has 0 spiro atoms. The minimum absolute atomic E-state index is 0.0121. The number of ether oxygens (including phenoxy) is 3. The lowest BCUT2D eigenvalue weighted by Gasteiger charge is -2.34. The number of benzene rings is 1. The van der Waals surface area contributed by atoms with Crippen molar-refractivity contribution in [2.75, 3.05) is 83.0 Å². The van der Waals surface area contributed by atoms with Gasteiger partial charge in [0.15, 0.2) is 11.6 Å². The summed E-state index contributed by atoms with van der Waals surface area (Å²) >= 11 is 1.79. The van der Waals surface area contributed by atoms with Crippen LogP contribution in [0.15, 0.2) is 35.7 Å². The van der Waals surface area contributed by atoms with Gasteiger partial charge in [0.1, 0.15) is 17.9 Å². The van der Waals surface area contributed by atoms with Crippen LogP contribution in [-0.2, 0) is 4.74 Å². The Labute approximate surface area is 281 Å². The normalized spacial score (nSPS) is 15.7.